The van der Waals surface area contributed by atoms with E-state index in [4.69, 9.17) is 4.74 Å². The van der Waals surface area contributed by atoms with E-state index in [-0.39, 0.29) is 11.9 Å². The van der Waals surface area contributed by atoms with Gasteiger partial charge in [-0.2, -0.15) is 0 Å². The molecule has 2 fully saturated rings. The number of likely N-dealkylation sites (N-methyl/N-ethyl adjacent to an activating group) is 1. The third-order valence-corrected chi connectivity index (χ3v) is 5.06. The average molecular weight is 275 g/mol. The lowest BCUT2D eigenvalue weighted by Crippen LogP contribution is -2.61. The van der Waals surface area contributed by atoms with Crippen LogP contribution in [0, 0.1) is 0 Å². The molecule has 0 radical (unpaired) electrons. The molecule has 4 nitrogen and oxygen atoms in total. The van der Waals surface area contributed by atoms with E-state index in [0.29, 0.717) is 0 Å². The molecule has 3 rings (SSSR count). The van der Waals surface area contributed by atoms with Crippen molar-refractivity contribution >= 4 is 5.91 Å². The number of fused-ring (bicyclic) bond motifs is 2. The molecule has 1 N–H and O–H groups in total. The number of aliphatic hydroxyl groups is 1. The molecule has 1 aliphatic carbocycles. The number of piperidine rings is 1. The predicted molar refractivity (Wildman–Crippen MR) is 75.7 cm³/mol. The van der Waals surface area contributed by atoms with Gasteiger partial charge < -0.3 is 14.7 Å². The van der Waals surface area contributed by atoms with Gasteiger partial charge in [0.05, 0.1) is 7.11 Å². The topological polar surface area (TPSA) is 49.8 Å². The molecule has 2 bridgehead atoms. The second-order valence-electron chi connectivity index (χ2n) is 5.99. The fourth-order valence-corrected chi connectivity index (χ4v) is 3.82. The molecule has 1 aliphatic heterocycles. The largest absolute Gasteiger partial charge is 0.497 e. The Morgan fingerprint density at radius 1 is 1.45 bits per heavy atom. The van der Waals surface area contributed by atoms with Crippen LogP contribution in [0.15, 0.2) is 24.3 Å². The number of carbonyl (C=O) groups excluding carboxylic acids is 1. The molecule has 1 aromatic carbocycles. The van der Waals surface area contributed by atoms with Gasteiger partial charge in [-0.05, 0) is 37.0 Å². The third kappa shape index (κ3) is 1.82. The van der Waals surface area contributed by atoms with E-state index in [9.17, 15) is 9.90 Å². The summed E-state index contributed by atoms with van der Waals surface area (Å²) in [6.45, 7) is 0. The Balaban J connectivity index is 2.06. The van der Waals surface area contributed by atoms with Crippen LogP contribution in [0.2, 0.25) is 0 Å². The number of amides is 1. The second-order valence-corrected chi connectivity index (χ2v) is 5.99. The van der Waals surface area contributed by atoms with Gasteiger partial charge in [-0.25, -0.2) is 0 Å². The minimum Gasteiger partial charge on any atom is -0.497 e. The zero-order chi connectivity index (χ0) is 14.3. The van der Waals surface area contributed by atoms with E-state index < -0.39 is 11.5 Å². The number of likely N-dealkylation sites (tertiary alicyclic amines) is 1. The van der Waals surface area contributed by atoms with Crippen LogP contribution in [0.3, 0.4) is 0 Å². The van der Waals surface area contributed by atoms with Crippen LogP contribution in [0.5, 0.6) is 5.75 Å². The monoisotopic (exact) mass is 275 g/mol. The van der Waals surface area contributed by atoms with Gasteiger partial charge in [0.15, 0.2) is 0 Å². The molecule has 4 heteroatoms. The van der Waals surface area contributed by atoms with Gasteiger partial charge in [0.1, 0.15) is 11.9 Å². The summed E-state index contributed by atoms with van der Waals surface area (Å²) in [5, 5.41) is 10.6. The van der Waals surface area contributed by atoms with Crippen LogP contribution in [-0.4, -0.2) is 42.2 Å². The van der Waals surface area contributed by atoms with Crippen LogP contribution in [0.25, 0.3) is 0 Å². The first-order valence-electron chi connectivity index (χ1n) is 7.18. The third-order valence-electron chi connectivity index (χ3n) is 5.06. The Bertz CT molecular complexity index is 530. The number of nitrogens with zero attached hydrogens (tertiary/aromatic N) is 1. The van der Waals surface area contributed by atoms with Crippen LogP contribution in [0.1, 0.15) is 31.2 Å². The molecule has 3 atom stereocenters. The Kier molecular flexibility index (Phi) is 3.21. The minimum absolute atomic E-state index is 0.149. The van der Waals surface area contributed by atoms with E-state index in [1.807, 2.05) is 24.3 Å². The standard InChI is InChI=1S/C16H21NO3/c1-17-12-6-4-8-16(10-12,14(18)15(17)19)11-5-3-7-13(9-11)20-2/h3,5,7,9,12,14,18H,4,6,8,10H2,1-2H3/t12-,14+,16+/m0/s1. The van der Waals surface area contributed by atoms with Crippen molar-refractivity contribution in [3.05, 3.63) is 29.8 Å². The number of methoxy groups -OCH3 is 1. The Morgan fingerprint density at radius 3 is 3.00 bits per heavy atom. The van der Waals surface area contributed by atoms with Crippen LogP contribution in [-0.2, 0) is 10.2 Å². The molecule has 20 heavy (non-hydrogen) atoms. The number of rotatable bonds is 2. The highest BCUT2D eigenvalue weighted by Gasteiger charge is 2.53. The fraction of sp³-hybridized carbons (Fsp3) is 0.562. The lowest BCUT2D eigenvalue weighted by molar-refractivity contribution is -0.156. The van der Waals surface area contributed by atoms with Gasteiger partial charge in [0.2, 0.25) is 0 Å². The molecule has 1 amide bonds. The van der Waals surface area contributed by atoms with Crippen molar-refractivity contribution in [2.45, 2.75) is 43.2 Å². The van der Waals surface area contributed by atoms with Crippen molar-refractivity contribution in [1.82, 2.24) is 4.90 Å². The molecule has 0 spiro atoms. The molecule has 2 aliphatic rings. The van der Waals surface area contributed by atoms with Crippen molar-refractivity contribution < 1.29 is 14.6 Å². The van der Waals surface area contributed by atoms with Gasteiger partial charge in [-0.3, -0.25) is 4.79 Å². The maximum absolute atomic E-state index is 12.3. The minimum atomic E-state index is -0.948. The van der Waals surface area contributed by atoms with Gasteiger partial charge in [0.25, 0.3) is 5.91 Å². The van der Waals surface area contributed by atoms with E-state index >= 15 is 0 Å². The Hall–Kier alpha value is -1.55. The SMILES string of the molecule is COc1cccc([C@@]23CCC[C@@H](C2)N(C)C(=O)[C@H]3O)c1. The first-order chi connectivity index (χ1) is 9.58. The first kappa shape index (κ1) is 13.4. The van der Waals surface area contributed by atoms with E-state index in [1.165, 1.54) is 0 Å². The number of hydrogen-bond acceptors (Lipinski definition) is 3. The molecular formula is C16H21NO3. The number of hydrogen-bond donors (Lipinski definition) is 1. The van der Waals surface area contributed by atoms with E-state index in [0.717, 1.165) is 37.0 Å². The summed E-state index contributed by atoms with van der Waals surface area (Å²) in [4.78, 5) is 14.0. The van der Waals surface area contributed by atoms with Crippen LogP contribution < -0.4 is 4.74 Å². The lowest BCUT2D eigenvalue weighted by Gasteiger charge is -2.51. The van der Waals surface area contributed by atoms with Gasteiger partial charge in [-0.1, -0.05) is 18.6 Å². The Labute approximate surface area is 119 Å². The highest BCUT2D eigenvalue weighted by molar-refractivity contribution is 5.84. The maximum atomic E-state index is 12.3. The van der Waals surface area contributed by atoms with Crippen molar-refractivity contribution in [1.29, 1.82) is 0 Å². The number of carbonyl (C=O) groups is 1. The van der Waals surface area contributed by atoms with E-state index in [1.54, 1.807) is 19.1 Å². The van der Waals surface area contributed by atoms with Crippen LogP contribution >= 0.6 is 0 Å². The normalized spacial score (nSPS) is 33.1. The van der Waals surface area contributed by atoms with Crippen molar-refractivity contribution in [2.24, 2.45) is 0 Å². The van der Waals surface area contributed by atoms with E-state index in [2.05, 4.69) is 0 Å². The van der Waals surface area contributed by atoms with Crippen molar-refractivity contribution in [2.75, 3.05) is 14.2 Å². The molecule has 1 saturated heterocycles. The summed E-state index contributed by atoms with van der Waals surface area (Å²) in [6.07, 6.45) is 2.81. The molecule has 0 aromatic heterocycles. The quantitative estimate of drug-likeness (QED) is 0.894. The van der Waals surface area contributed by atoms with Gasteiger partial charge in [0, 0.05) is 18.5 Å². The predicted octanol–water partition coefficient (Wildman–Crippen LogP) is 1.71. The molecule has 0 unspecified atom stereocenters. The summed E-state index contributed by atoms with van der Waals surface area (Å²) in [7, 11) is 3.44. The zero-order valence-electron chi connectivity index (χ0n) is 12.0. The molecule has 1 aromatic rings. The number of ether oxygens (including phenoxy) is 1. The van der Waals surface area contributed by atoms with Gasteiger partial charge in [-0.15, -0.1) is 0 Å². The first-order valence-corrected chi connectivity index (χ1v) is 7.18. The fourth-order valence-electron chi connectivity index (χ4n) is 3.82. The summed E-state index contributed by atoms with van der Waals surface area (Å²) in [6, 6.07) is 8.04. The zero-order valence-corrected chi connectivity index (χ0v) is 12.0. The van der Waals surface area contributed by atoms with Crippen molar-refractivity contribution in [3.8, 4) is 5.75 Å². The second kappa shape index (κ2) is 4.77. The molecule has 1 saturated carbocycles. The van der Waals surface area contributed by atoms with Crippen molar-refractivity contribution in [3.63, 3.8) is 0 Å². The number of benzene rings is 1. The summed E-state index contributed by atoms with van der Waals surface area (Å²) < 4.78 is 5.29. The molecule has 108 valence electrons. The lowest BCUT2D eigenvalue weighted by atomic mass is 9.61. The summed E-state index contributed by atoms with van der Waals surface area (Å²) in [5.41, 5.74) is 0.580. The summed E-state index contributed by atoms with van der Waals surface area (Å²) in [5.74, 6) is 0.626. The van der Waals surface area contributed by atoms with Crippen LogP contribution in [0.4, 0.5) is 0 Å². The smallest absolute Gasteiger partial charge is 0.252 e. The molecule has 1 heterocycles. The molecular weight excluding hydrogens is 254 g/mol. The van der Waals surface area contributed by atoms with Gasteiger partial charge >= 0.3 is 0 Å². The number of aliphatic hydroxyl groups excluding tert-OH is 1. The summed E-state index contributed by atoms with van der Waals surface area (Å²) >= 11 is 0. The highest BCUT2D eigenvalue weighted by Crippen LogP contribution is 2.47. The maximum Gasteiger partial charge on any atom is 0.252 e. The average Bonchev–Trinajstić information content (AvgIpc) is 2.51. The Morgan fingerprint density at radius 2 is 2.25 bits per heavy atom. The highest BCUT2D eigenvalue weighted by atomic mass is 16.5.